The Balaban J connectivity index is 2.21. The molecule has 0 aliphatic carbocycles. The standard InChI is InChI=1S/C15H18N2O4/c1-3-21-13(18)8-5-9-17-10(2)16-14-11(15(19)20)6-4-7-12(14)17/h4,6-7H,3,5,8-9H2,1-2H3,(H,19,20). The summed E-state index contributed by atoms with van der Waals surface area (Å²) in [5.41, 5.74) is 1.45. The van der Waals surface area contributed by atoms with Gasteiger partial charge in [-0.3, -0.25) is 4.79 Å². The first-order valence-corrected chi connectivity index (χ1v) is 6.89. The van der Waals surface area contributed by atoms with Crippen LogP contribution in [0.5, 0.6) is 0 Å². The SMILES string of the molecule is CCOC(=O)CCCn1c(C)nc2c(C(=O)O)cccc21. The molecule has 0 unspecified atom stereocenters. The van der Waals surface area contributed by atoms with Gasteiger partial charge in [0.15, 0.2) is 0 Å². The van der Waals surface area contributed by atoms with Crippen LogP contribution < -0.4 is 0 Å². The highest BCUT2D eigenvalue weighted by Crippen LogP contribution is 2.20. The lowest BCUT2D eigenvalue weighted by Crippen LogP contribution is -2.07. The Morgan fingerprint density at radius 3 is 2.81 bits per heavy atom. The van der Waals surface area contributed by atoms with E-state index in [1.165, 1.54) is 0 Å². The van der Waals surface area contributed by atoms with Crippen LogP contribution in [0.2, 0.25) is 0 Å². The molecule has 0 radical (unpaired) electrons. The van der Waals surface area contributed by atoms with Crippen LogP contribution in [0.15, 0.2) is 18.2 Å². The average Bonchev–Trinajstić information content (AvgIpc) is 2.75. The number of aryl methyl sites for hydroxylation is 2. The van der Waals surface area contributed by atoms with Gasteiger partial charge in [-0.25, -0.2) is 9.78 Å². The van der Waals surface area contributed by atoms with Gasteiger partial charge in [0.1, 0.15) is 11.3 Å². The fourth-order valence-corrected chi connectivity index (χ4v) is 2.33. The van der Waals surface area contributed by atoms with Crippen LogP contribution in [-0.4, -0.2) is 33.2 Å². The molecule has 1 aromatic heterocycles. The predicted molar refractivity (Wildman–Crippen MR) is 77.3 cm³/mol. The van der Waals surface area contributed by atoms with Crippen molar-refractivity contribution in [3.05, 3.63) is 29.6 Å². The third kappa shape index (κ3) is 3.21. The molecule has 21 heavy (non-hydrogen) atoms. The first kappa shape index (κ1) is 15.0. The van der Waals surface area contributed by atoms with Gasteiger partial charge in [-0.2, -0.15) is 0 Å². The zero-order chi connectivity index (χ0) is 15.4. The van der Waals surface area contributed by atoms with E-state index in [0.29, 0.717) is 31.5 Å². The van der Waals surface area contributed by atoms with Crippen molar-refractivity contribution in [3.63, 3.8) is 0 Å². The highest BCUT2D eigenvalue weighted by Gasteiger charge is 2.15. The van der Waals surface area contributed by atoms with Gasteiger partial charge in [0.2, 0.25) is 0 Å². The number of fused-ring (bicyclic) bond motifs is 1. The van der Waals surface area contributed by atoms with E-state index >= 15 is 0 Å². The van der Waals surface area contributed by atoms with Crippen LogP contribution in [0.3, 0.4) is 0 Å². The molecule has 0 amide bonds. The van der Waals surface area contributed by atoms with Crippen molar-refractivity contribution < 1.29 is 19.4 Å². The molecule has 1 heterocycles. The summed E-state index contributed by atoms with van der Waals surface area (Å²) >= 11 is 0. The molecule has 6 nitrogen and oxygen atoms in total. The molecule has 0 spiro atoms. The molecule has 2 aromatic rings. The Hall–Kier alpha value is -2.37. The Morgan fingerprint density at radius 1 is 1.38 bits per heavy atom. The van der Waals surface area contributed by atoms with E-state index in [-0.39, 0.29) is 11.5 Å². The highest BCUT2D eigenvalue weighted by atomic mass is 16.5. The number of carbonyl (C=O) groups excluding carboxylic acids is 1. The lowest BCUT2D eigenvalue weighted by Gasteiger charge is -2.07. The number of aromatic nitrogens is 2. The average molecular weight is 290 g/mol. The van der Waals surface area contributed by atoms with Crippen molar-refractivity contribution in [2.24, 2.45) is 0 Å². The quantitative estimate of drug-likeness (QED) is 0.826. The fraction of sp³-hybridized carbons (Fsp3) is 0.400. The second-order valence-electron chi connectivity index (χ2n) is 4.70. The largest absolute Gasteiger partial charge is 0.478 e. The number of imidazole rings is 1. The summed E-state index contributed by atoms with van der Waals surface area (Å²) in [6, 6.07) is 5.08. The van der Waals surface area contributed by atoms with Crippen LogP contribution in [0.25, 0.3) is 11.0 Å². The van der Waals surface area contributed by atoms with Gasteiger partial charge in [-0.15, -0.1) is 0 Å². The number of esters is 1. The Kier molecular flexibility index (Phi) is 4.57. The van der Waals surface area contributed by atoms with E-state index in [1.54, 1.807) is 19.1 Å². The number of aromatic carboxylic acids is 1. The normalized spacial score (nSPS) is 10.8. The topological polar surface area (TPSA) is 81.4 Å². The van der Waals surface area contributed by atoms with E-state index in [1.807, 2.05) is 17.6 Å². The molecule has 0 aliphatic heterocycles. The highest BCUT2D eigenvalue weighted by molar-refractivity contribution is 6.01. The van der Waals surface area contributed by atoms with E-state index < -0.39 is 5.97 Å². The van der Waals surface area contributed by atoms with Crippen molar-refractivity contribution >= 4 is 23.0 Å². The molecule has 1 aromatic carbocycles. The van der Waals surface area contributed by atoms with E-state index in [2.05, 4.69) is 4.98 Å². The molecule has 0 bridgehead atoms. The number of hydrogen-bond donors (Lipinski definition) is 1. The van der Waals surface area contributed by atoms with E-state index in [9.17, 15) is 14.7 Å². The monoisotopic (exact) mass is 290 g/mol. The number of benzene rings is 1. The van der Waals surface area contributed by atoms with Crippen molar-refractivity contribution in [2.75, 3.05) is 6.61 Å². The van der Waals surface area contributed by atoms with Crippen molar-refractivity contribution in [1.29, 1.82) is 0 Å². The maximum absolute atomic E-state index is 11.3. The maximum atomic E-state index is 11.3. The van der Waals surface area contributed by atoms with Gasteiger partial charge in [0.05, 0.1) is 17.7 Å². The molecule has 1 N–H and O–H groups in total. The molecule has 0 fully saturated rings. The van der Waals surface area contributed by atoms with Gasteiger partial charge in [0, 0.05) is 13.0 Å². The number of rotatable bonds is 6. The van der Waals surface area contributed by atoms with Gasteiger partial charge in [-0.05, 0) is 32.4 Å². The van der Waals surface area contributed by atoms with Gasteiger partial charge < -0.3 is 14.4 Å². The lowest BCUT2D eigenvalue weighted by atomic mass is 10.2. The number of carboxylic acid groups (broad SMARTS) is 1. The number of carbonyl (C=O) groups is 2. The van der Waals surface area contributed by atoms with Crippen LogP contribution in [0.4, 0.5) is 0 Å². The Morgan fingerprint density at radius 2 is 2.14 bits per heavy atom. The first-order valence-electron chi connectivity index (χ1n) is 6.89. The van der Waals surface area contributed by atoms with Crippen LogP contribution in [-0.2, 0) is 16.1 Å². The number of ether oxygens (including phenoxy) is 1. The summed E-state index contributed by atoms with van der Waals surface area (Å²) in [6.07, 6.45) is 0.966. The minimum atomic E-state index is -0.989. The molecule has 0 saturated carbocycles. The van der Waals surface area contributed by atoms with Crippen LogP contribution >= 0.6 is 0 Å². The van der Waals surface area contributed by atoms with Crippen molar-refractivity contribution in [1.82, 2.24) is 9.55 Å². The third-order valence-corrected chi connectivity index (χ3v) is 3.27. The minimum absolute atomic E-state index is 0.194. The number of hydrogen-bond acceptors (Lipinski definition) is 4. The Bertz CT molecular complexity index is 676. The van der Waals surface area contributed by atoms with E-state index in [0.717, 1.165) is 11.3 Å². The molecule has 6 heteroatoms. The molecule has 2 rings (SSSR count). The van der Waals surface area contributed by atoms with Gasteiger partial charge in [0.25, 0.3) is 0 Å². The van der Waals surface area contributed by atoms with Crippen LogP contribution in [0, 0.1) is 6.92 Å². The van der Waals surface area contributed by atoms with Crippen molar-refractivity contribution in [2.45, 2.75) is 33.2 Å². The molecule has 0 atom stereocenters. The molecular formula is C15H18N2O4. The smallest absolute Gasteiger partial charge is 0.337 e. The number of carboxylic acids is 1. The summed E-state index contributed by atoms with van der Waals surface area (Å²) < 4.78 is 6.82. The predicted octanol–water partition coefficient (Wildman–Crippen LogP) is 2.39. The second-order valence-corrected chi connectivity index (χ2v) is 4.70. The second kappa shape index (κ2) is 6.39. The lowest BCUT2D eigenvalue weighted by molar-refractivity contribution is -0.143. The molecule has 0 saturated heterocycles. The molecule has 0 aliphatic rings. The number of nitrogens with zero attached hydrogens (tertiary/aromatic N) is 2. The first-order chi connectivity index (χ1) is 10.0. The minimum Gasteiger partial charge on any atom is -0.478 e. The third-order valence-electron chi connectivity index (χ3n) is 3.27. The van der Waals surface area contributed by atoms with Crippen molar-refractivity contribution in [3.8, 4) is 0 Å². The summed E-state index contributed by atoms with van der Waals surface area (Å²) in [5, 5.41) is 9.18. The van der Waals surface area contributed by atoms with E-state index in [4.69, 9.17) is 4.74 Å². The fourth-order valence-electron chi connectivity index (χ4n) is 2.33. The summed E-state index contributed by atoms with van der Waals surface area (Å²) in [4.78, 5) is 26.9. The van der Waals surface area contributed by atoms with Crippen LogP contribution in [0.1, 0.15) is 35.9 Å². The molecular weight excluding hydrogens is 272 g/mol. The van der Waals surface area contributed by atoms with Gasteiger partial charge in [-0.1, -0.05) is 6.07 Å². The molecule has 112 valence electrons. The summed E-state index contributed by atoms with van der Waals surface area (Å²) in [7, 11) is 0. The summed E-state index contributed by atoms with van der Waals surface area (Å²) in [5.74, 6) is -0.467. The zero-order valence-corrected chi connectivity index (χ0v) is 12.1. The maximum Gasteiger partial charge on any atom is 0.337 e. The number of para-hydroxylation sites is 1. The summed E-state index contributed by atoms with van der Waals surface area (Å²) in [6.45, 7) is 4.59. The zero-order valence-electron chi connectivity index (χ0n) is 12.1. The van der Waals surface area contributed by atoms with Gasteiger partial charge >= 0.3 is 11.9 Å². The Labute approximate surface area is 122 Å².